The summed E-state index contributed by atoms with van der Waals surface area (Å²) in [5.41, 5.74) is 0.963. The number of hydrogen-bond donors (Lipinski definition) is 1. The Kier molecular flexibility index (Phi) is 4.87. The summed E-state index contributed by atoms with van der Waals surface area (Å²) in [7, 11) is 2.01. The molecule has 1 saturated heterocycles. The monoisotopic (exact) mass is 301 g/mol. The molecule has 0 amide bonds. The first-order valence-corrected chi connectivity index (χ1v) is 7.75. The molecule has 2 atom stereocenters. The number of ether oxygens (including phenoxy) is 1. The molecule has 1 N–H and O–H groups in total. The molecule has 1 aliphatic heterocycles. The standard InChI is InChI=1S/C17H23N3O2/c1-19-8-7-18-17(19)12-20-9-10-22-13-15(20)11-16(21)14-5-3-2-4-6-14/h2-8,15-16,21H,9-13H2,1H3. The van der Waals surface area contributed by atoms with E-state index in [9.17, 15) is 5.11 Å². The molecule has 5 nitrogen and oxygen atoms in total. The minimum Gasteiger partial charge on any atom is -0.388 e. The number of morpholine rings is 1. The third-order valence-corrected chi connectivity index (χ3v) is 4.29. The van der Waals surface area contributed by atoms with E-state index in [1.807, 2.05) is 54.3 Å². The normalized spacial score (nSPS) is 20.9. The van der Waals surface area contributed by atoms with Crippen LogP contribution in [0.25, 0.3) is 0 Å². The molecule has 1 fully saturated rings. The fraction of sp³-hybridized carbons (Fsp3) is 0.471. The summed E-state index contributed by atoms with van der Waals surface area (Å²) in [4.78, 5) is 6.76. The van der Waals surface area contributed by atoms with Crippen LogP contribution >= 0.6 is 0 Å². The Labute approximate surface area is 131 Å². The quantitative estimate of drug-likeness (QED) is 0.914. The molecule has 1 aromatic heterocycles. The van der Waals surface area contributed by atoms with Crippen molar-refractivity contribution in [2.45, 2.75) is 25.1 Å². The molecule has 118 valence electrons. The molecule has 2 heterocycles. The van der Waals surface area contributed by atoms with Crippen LogP contribution < -0.4 is 0 Å². The maximum Gasteiger partial charge on any atom is 0.122 e. The molecule has 1 aromatic carbocycles. The average Bonchev–Trinajstić information content (AvgIpc) is 2.95. The zero-order valence-electron chi connectivity index (χ0n) is 12.9. The third-order valence-electron chi connectivity index (χ3n) is 4.29. The minimum atomic E-state index is -0.461. The van der Waals surface area contributed by atoms with Gasteiger partial charge in [-0.05, 0) is 12.0 Å². The Morgan fingerprint density at radius 3 is 2.91 bits per heavy atom. The van der Waals surface area contributed by atoms with E-state index in [0.29, 0.717) is 13.0 Å². The van der Waals surface area contributed by atoms with E-state index < -0.39 is 6.10 Å². The largest absolute Gasteiger partial charge is 0.388 e. The van der Waals surface area contributed by atoms with Crippen LogP contribution in [-0.4, -0.2) is 45.4 Å². The lowest BCUT2D eigenvalue weighted by molar-refractivity contribution is -0.0312. The Balaban J connectivity index is 1.66. The van der Waals surface area contributed by atoms with Crippen LogP contribution in [0.15, 0.2) is 42.7 Å². The highest BCUT2D eigenvalue weighted by Crippen LogP contribution is 2.23. The second-order valence-corrected chi connectivity index (χ2v) is 5.82. The first kappa shape index (κ1) is 15.2. The summed E-state index contributed by atoms with van der Waals surface area (Å²) in [5.74, 6) is 1.04. The zero-order valence-corrected chi connectivity index (χ0v) is 12.9. The molecule has 2 aromatic rings. The molecule has 1 aliphatic rings. The van der Waals surface area contributed by atoms with Gasteiger partial charge in [0.2, 0.25) is 0 Å². The number of hydrogen-bond acceptors (Lipinski definition) is 4. The van der Waals surface area contributed by atoms with Crippen molar-refractivity contribution in [3.05, 3.63) is 54.1 Å². The maximum absolute atomic E-state index is 10.5. The Morgan fingerprint density at radius 1 is 1.36 bits per heavy atom. The van der Waals surface area contributed by atoms with Gasteiger partial charge in [-0.2, -0.15) is 0 Å². The van der Waals surface area contributed by atoms with E-state index in [4.69, 9.17) is 4.74 Å². The molecular formula is C17H23N3O2. The van der Waals surface area contributed by atoms with Crippen LogP contribution in [-0.2, 0) is 18.3 Å². The number of aryl methyl sites for hydroxylation is 1. The van der Waals surface area contributed by atoms with Crippen LogP contribution in [0.1, 0.15) is 23.9 Å². The average molecular weight is 301 g/mol. The van der Waals surface area contributed by atoms with Crippen LogP contribution in [0.5, 0.6) is 0 Å². The summed E-state index contributed by atoms with van der Waals surface area (Å²) < 4.78 is 7.66. The SMILES string of the molecule is Cn1ccnc1CN1CCOCC1CC(O)c1ccccc1. The van der Waals surface area contributed by atoms with Gasteiger partial charge < -0.3 is 14.4 Å². The van der Waals surface area contributed by atoms with Crippen molar-refractivity contribution in [1.29, 1.82) is 0 Å². The van der Waals surface area contributed by atoms with E-state index in [0.717, 1.165) is 31.1 Å². The van der Waals surface area contributed by atoms with E-state index in [-0.39, 0.29) is 6.04 Å². The third kappa shape index (κ3) is 3.55. The lowest BCUT2D eigenvalue weighted by Crippen LogP contribution is -2.46. The lowest BCUT2D eigenvalue weighted by Gasteiger charge is -2.36. The summed E-state index contributed by atoms with van der Waals surface area (Å²) in [6.45, 7) is 3.06. The second kappa shape index (κ2) is 7.05. The summed E-state index contributed by atoms with van der Waals surface area (Å²) in [5, 5.41) is 10.5. The number of rotatable bonds is 5. The van der Waals surface area contributed by atoms with E-state index >= 15 is 0 Å². The molecule has 2 unspecified atom stereocenters. The first-order valence-electron chi connectivity index (χ1n) is 7.75. The van der Waals surface area contributed by atoms with Gasteiger partial charge >= 0.3 is 0 Å². The van der Waals surface area contributed by atoms with Crippen LogP contribution in [0.4, 0.5) is 0 Å². The first-order chi connectivity index (χ1) is 10.7. The van der Waals surface area contributed by atoms with Crippen molar-refractivity contribution >= 4 is 0 Å². The predicted molar refractivity (Wildman–Crippen MR) is 84.2 cm³/mol. The molecule has 0 bridgehead atoms. The summed E-state index contributed by atoms with van der Waals surface area (Å²) >= 11 is 0. The van der Waals surface area contributed by atoms with Crippen LogP contribution in [0.3, 0.4) is 0 Å². The van der Waals surface area contributed by atoms with Crippen LogP contribution in [0, 0.1) is 0 Å². The van der Waals surface area contributed by atoms with Crippen molar-refractivity contribution in [2.24, 2.45) is 7.05 Å². The fourth-order valence-electron chi connectivity index (χ4n) is 2.91. The van der Waals surface area contributed by atoms with Gasteiger partial charge in [0.25, 0.3) is 0 Å². The molecule has 0 radical (unpaired) electrons. The van der Waals surface area contributed by atoms with Crippen LogP contribution in [0.2, 0.25) is 0 Å². The van der Waals surface area contributed by atoms with Crippen molar-refractivity contribution in [3.8, 4) is 0 Å². The van der Waals surface area contributed by atoms with E-state index in [1.165, 1.54) is 0 Å². The smallest absolute Gasteiger partial charge is 0.122 e. The second-order valence-electron chi connectivity index (χ2n) is 5.82. The minimum absolute atomic E-state index is 0.209. The highest BCUT2D eigenvalue weighted by Gasteiger charge is 2.26. The molecule has 5 heteroatoms. The van der Waals surface area contributed by atoms with Gasteiger partial charge in [-0.25, -0.2) is 4.98 Å². The van der Waals surface area contributed by atoms with Crippen molar-refractivity contribution in [3.63, 3.8) is 0 Å². The topological polar surface area (TPSA) is 50.5 Å². The lowest BCUT2D eigenvalue weighted by atomic mass is 10.0. The number of imidazole rings is 1. The van der Waals surface area contributed by atoms with E-state index in [1.54, 1.807) is 0 Å². The highest BCUT2D eigenvalue weighted by atomic mass is 16.5. The molecule has 22 heavy (non-hydrogen) atoms. The Hall–Kier alpha value is -1.69. The van der Waals surface area contributed by atoms with E-state index in [2.05, 4.69) is 9.88 Å². The highest BCUT2D eigenvalue weighted by molar-refractivity contribution is 5.17. The number of nitrogens with zero attached hydrogens (tertiary/aromatic N) is 3. The fourth-order valence-corrected chi connectivity index (χ4v) is 2.91. The van der Waals surface area contributed by atoms with Gasteiger partial charge in [-0.3, -0.25) is 4.90 Å². The molecule has 0 spiro atoms. The number of benzene rings is 1. The van der Waals surface area contributed by atoms with Gasteiger partial charge in [0.15, 0.2) is 0 Å². The number of aliphatic hydroxyl groups is 1. The van der Waals surface area contributed by atoms with Gasteiger partial charge in [-0.15, -0.1) is 0 Å². The van der Waals surface area contributed by atoms with Gasteiger partial charge in [-0.1, -0.05) is 30.3 Å². The van der Waals surface area contributed by atoms with Crippen molar-refractivity contribution < 1.29 is 9.84 Å². The van der Waals surface area contributed by atoms with Gasteiger partial charge in [0, 0.05) is 32.0 Å². The van der Waals surface area contributed by atoms with Gasteiger partial charge in [0.1, 0.15) is 5.82 Å². The van der Waals surface area contributed by atoms with Crippen molar-refractivity contribution in [2.75, 3.05) is 19.8 Å². The van der Waals surface area contributed by atoms with Crippen molar-refractivity contribution in [1.82, 2.24) is 14.5 Å². The number of aliphatic hydroxyl groups excluding tert-OH is 1. The molecular weight excluding hydrogens is 278 g/mol. The Morgan fingerprint density at radius 2 is 2.18 bits per heavy atom. The predicted octanol–water partition coefficient (Wildman–Crippen LogP) is 1.74. The molecule has 0 aliphatic carbocycles. The maximum atomic E-state index is 10.5. The molecule has 3 rings (SSSR count). The molecule has 0 saturated carbocycles. The number of aromatic nitrogens is 2. The van der Waals surface area contributed by atoms with Gasteiger partial charge in [0.05, 0.1) is 25.9 Å². The Bertz CT molecular complexity index is 585. The summed E-state index contributed by atoms with van der Waals surface area (Å²) in [6, 6.07) is 10.0. The summed E-state index contributed by atoms with van der Waals surface area (Å²) in [6.07, 6.45) is 4.00. The zero-order chi connectivity index (χ0) is 15.4.